The van der Waals surface area contributed by atoms with Gasteiger partial charge in [0, 0.05) is 50.2 Å². The lowest BCUT2D eigenvalue weighted by Gasteiger charge is -2.50. The number of nitrogens with one attached hydrogen (secondary N) is 1. The standard InChI is InChI=1S/C21H30N6O/c1-16(2)5-10-26-11-6-18-20(23-15-22-18)21(26)7-12-25(13-8-21)19(28)14-27-17(3)4-9-24-27/h4-5,9,15H,6-8,10-14H2,1-3H3,(H,22,23). The number of fused-ring (bicyclic) bond motifs is 2. The summed E-state index contributed by atoms with van der Waals surface area (Å²) >= 11 is 0. The first-order chi connectivity index (χ1) is 13.5. The number of allylic oxidation sites excluding steroid dienone is 1. The van der Waals surface area contributed by atoms with Crippen LogP contribution in [-0.2, 0) is 23.3 Å². The van der Waals surface area contributed by atoms with E-state index in [1.54, 1.807) is 10.9 Å². The highest BCUT2D eigenvalue weighted by molar-refractivity contribution is 5.76. The summed E-state index contributed by atoms with van der Waals surface area (Å²) in [5, 5.41) is 4.25. The van der Waals surface area contributed by atoms with E-state index >= 15 is 0 Å². The van der Waals surface area contributed by atoms with E-state index in [1.165, 1.54) is 17.0 Å². The molecule has 0 unspecified atom stereocenters. The molecule has 4 heterocycles. The number of carbonyl (C=O) groups is 1. The van der Waals surface area contributed by atoms with E-state index in [-0.39, 0.29) is 11.4 Å². The molecule has 0 atom stereocenters. The number of likely N-dealkylation sites (tertiary alicyclic amines) is 1. The molecule has 1 amide bonds. The van der Waals surface area contributed by atoms with Gasteiger partial charge in [-0.25, -0.2) is 4.98 Å². The molecule has 0 saturated carbocycles. The molecule has 1 fully saturated rings. The van der Waals surface area contributed by atoms with E-state index in [2.05, 4.69) is 34.9 Å². The highest BCUT2D eigenvalue weighted by Crippen LogP contribution is 2.42. The van der Waals surface area contributed by atoms with Gasteiger partial charge in [-0.1, -0.05) is 11.6 Å². The zero-order valence-corrected chi connectivity index (χ0v) is 17.1. The van der Waals surface area contributed by atoms with Crippen molar-refractivity contribution in [1.82, 2.24) is 29.5 Å². The van der Waals surface area contributed by atoms with Gasteiger partial charge in [0.15, 0.2) is 0 Å². The van der Waals surface area contributed by atoms with Crippen molar-refractivity contribution < 1.29 is 4.79 Å². The summed E-state index contributed by atoms with van der Waals surface area (Å²) in [5.74, 6) is 0.149. The van der Waals surface area contributed by atoms with Crippen LogP contribution in [0.3, 0.4) is 0 Å². The normalized spacial score (nSPS) is 18.9. The number of rotatable bonds is 4. The Morgan fingerprint density at radius 2 is 2.07 bits per heavy atom. The number of piperidine rings is 1. The molecule has 28 heavy (non-hydrogen) atoms. The van der Waals surface area contributed by atoms with Crippen molar-refractivity contribution in [3.8, 4) is 0 Å². The molecule has 1 N–H and O–H groups in total. The summed E-state index contributed by atoms with van der Waals surface area (Å²) in [5.41, 5.74) is 4.74. The molecule has 1 saturated heterocycles. The van der Waals surface area contributed by atoms with E-state index in [0.717, 1.165) is 51.1 Å². The number of hydrogen-bond acceptors (Lipinski definition) is 4. The minimum absolute atomic E-state index is 0.0715. The highest BCUT2D eigenvalue weighted by atomic mass is 16.2. The summed E-state index contributed by atoms with van der Waals surface area (Å²) in [6.45, 7) is 10.1. The molecule has 0 bridgehead atoms. The van der Waals surface area contributed by atoms with Crippen LogP contribution < -0.4 is 0 Å². The first-order valence-corrected chi connectivity index (χ1v) is 10.2. The van der Waals surface area contributed by atoms with Crippen LogP contribution in [0.25, 0.3) is 0 Å². The second kappa shape index (κ2) is 7.54. The average Bonchev–Trinajstić information content (AvgIpc) is 3.31. The largest absolute Gasteiger partial charge is 0.348 e. The van der Waals surface area contributed by atoms with Crippen molar-refractivity contribution >= 4 is 5.91 Å². The van der Waals surface area contributed by atoms with E-state index in [4.69, 9.17) is 4.98 Å². The van der Waals surface area contributed by atoms with Gasteiger partial charge in [-0.05, 0) is 39.7 Å². The lowest BCUT2D eigenvalue weighted by molar-refractivity contribution is -0.135. The van der Waals surface area contributed by atoms with Gasteiger partial charge in [0.05, 0.1) is 17.6 Å². The summed E-state index contributed by atoms with van der Waals surface area (Å²) in [6.07, 6.45) is 8.73. The summed E-state index contributed by atoms with van der Waals surface area (Å²) < 4.78 is 1.78. The number of carbonyl (C=O) groups excluding carboxylic acids is 1. The Balaban J connectivity index is 1.51. The molecule has 0 aliphatic carbocycles. The number of nitrogens with zero attached hydrogens (tertiary/aromatic N) is 5. The van der Waals surface area contributed by atoms with Crippen LogP contribution in [0.5, 0.6) is 0 Å². The molecule has 2 aromatic rings. The Kier molecular flexibility index (Phi) is 5.10. The van der Waals surface area contributed by atoms with Gasteiger partial charge in [-0.2, -0.15) is 5.10 Å². The number of H-pyrrole nitrogens is 1. The predicted octanol–water partition coefficient (Wildman–Crippen LogP) is 2.26. The fraction of sp³-hybridized carbons (Fsp3) is 0.571. The maximum atomic E-state index is 12.8. The van der Waals surface area contributed by atoms with Crippen molar-refractivity contribution in [2.24, 2.45) is 0 Å². The van der Waals surface area contributed by atoms with Gasteiger partial charge in [0.2, 0.25) is 5.91 Å². The van der Waals surface area contributed by atoms with Crippen molar-refractivity contribution in [3.63, 3.8) is 0 Å². The molecule has 0 radical (unpaired) electrons. The number of hydrogen-bond donors (Lipinski definition) is 1. The minimum Gasteiger partial charge on any atom is -0.348 e. The first kappa shape index (κ1) is 18.9. The van der Waals surface area contributed by atoms with Crippen LogP contribution in [0, 0.1) is 6.92 Å². The van der Waals surface area contributed by atoms with Crippen molar-refractivity contribution in [2.75, 3.05) is 26.2 Å². The molecule has 150 valence electrons. The molecule has 7 heteroatoms. The predicted molar refractivity (Wildman–Crippen MR) is 108 cm³/mol. The van der Waals surface area contributed by atoms with Gasteiger partial charge in [-0.3, -0.25) is 14.4 Å². The molecule has 2 aliphatic rings. The molecule has 2 aromatic heterocycles. The molecular weight excluding hydrogens is 352 g/mol. The third kappa shape index (κ3) is 3.39. The third-order valence-corrected chi connectivity index (χ3v) is 6.27. The number of aromatic amines is 1. The van der Waals surface area contributed by atoms with Gasteiger partial charge >= 0.3 is 0 Å². The number of amides is 1. The Hall–Kier alpha value is -2.41. The molecule has 4 rings (SSSR count). The van der Waals surface area contributed by atoms with Crippen LogP contribution in [0.2, 0.25) is 0 Å². The van der Waals surface area contributed by atoms with Crippen LogP contribution in [0.1, 0.15) is 43.8 Å². The Bertz CT molecular complexity index is 867. The third-order valence-electron chi connectivity index (χ3n) is 6.27. The molecule has 2 aliphatic heterocycles. The smallest absolute Gasteiger partial charge is 0.244 e. The zero-order valence-electron chi connectivity index (χ0n) is 17.1. The van der Waals surface area contributed by atoms with Gasteiger partial charge in [0.1, 0.15) is 6.54 Å². The lowest BCUT2D eigenvalue weighted by Crippen LogP contribution is -2.57. The Morgan fingerprint density at radius 1 is 1.29 bits per heavy atom. The SMILES string of the molecule is CC(C)=CCN1CCc2[nH]cnc2C12CCN(C(=O)Cn1nccc1C)CC2. The lowest BCUT2D eigenvalue weighted by atomic mass is 9.78. The van der Waals surface area contributed by atoms with Gasteiger partial charge < -0.3 is 9.88 Å². The Labute approximate surface area is 166 Å². The van der Waals surface area contributed by atoms with E-state index in [9.17, 15) is 4.79 Å². The van der Waals surface area contributed by atoms with Crippen LogP contribution in [0.4, 0.5) is 0 Å². The topological polar surface area (TPSA) is 70.1 Å². The van der Waals surface area contributed by atoms with E-state index in [1.807, 2.05) is 24.2 Å². The molecular formula is C21H30N6O. The van der Waals surface area contributed by atoms with E-state index in [0.29, 0.717) is 6.54 Å². The number of aryl methyl sites for hydroxylation is 1. The zero-order chi connectivity index (χ0) is 19.7. The second-order valence-electron chi connectivity index (χ2n) is 8.25. The van der Waals surface area contributed by atoms with Crippen LogP contribution in [-0.4, -0.2) is 61.6 Å². The van der Waals surface area contributed by atoms with Crippen molar-refractivity contribution in [2.45, 2.75) is 52.1 Å². The number of imidazole rings is 1. The molecule has 0 aromatic carbocycles. The van der Waals surface area contributed by atoms with Gasteiger partial charge in [-0.15, -0.1) is 0 Å². The fourth-order valence-corrected chi connectivity index (χ4v) is 4.55. The maximum Gasteiger partial charge on any atom is 0.244 e. The Morgan fingerprint density at radius 3 is 2.75 bits per heavy atom. The maximum absolute atomic E-state index is 12.8. The quantitative estimate of drug-likeness (QED) is 0.824. The second-order valence-corrected chi connectivity index (χ2v) is 8.25. The molecule has 7 nitrogen and oxygen atoms in total. The molecule has 1 spiro atoms. The van der Waals surface area contributed by atoms with Crippen LogP contribution >= 0.6 is 0 Å². The monoisotopic (exact) mass is 382 g/mol. The fourth-order valence-electron chi connectivity index (χ4n) is 4.55. The van der Waals surface area contributed by atoms with Crippen molar-refractivity contribution in [3.05, 3.63) is 47.3 Å². The summed E-state index contributed by atoms with van der Waals surface area (Å²) in [7, 11) is 0. The minimum atomic E-state index is -0.0715. The highest BCUT2D eigenvalue weighted by Gasteiger charge is 2.46. The van der Waals surface area contributed by atoms with Crippen LogP contribution in [0.15, 0.2) is 30.2 Å². The van der Waals surface area contributed by atoms with E-state index < -0.39 is 0 Å². The summed E-state index contributed by atoms with van der Waals surface area (Å²) in [6, 6.07) is 1.93. The average molecular weight is 383 g/mol. The number of aromatic nitrogens is 4. The summed E-state index contributed by atoms with van der Waals surface area (Å²) in [4.78, 5) is 25.4. The van der Waals surface area contributed by atoms with Crippen molar-refractivity contribution in [1.29, 1.82) is 0 Å². The van der Waals surface area contributed by atoms with Gasteiger partial charge in [0.25, 0.3) is 0 Å². The first-order valence-electron chi connectivity index (χ1n) is 10.2.